The average molecular weight is 293 g/mol. The molecule has 0 fully saturated rings. The van der Waals surface area contributed by atoms with E-state index in [0.29, 0.717) is 6.54 Å². The molecule has 108 valence electrons. The van der Waals surface area contributed by atoms with Crippen LogP contribution in [0.4, 0.5) is 13.2 Å². The SMILES string of the molecule is CSC(C)(C)CNCc1cccc(OC(F)(F)F)c1. The molecule has 2 nitrogen and oxygen atoms in total. The van der Waals surface area contributed by atoms with Crippen molar-refractivity contribution in [1.82, 2.24) is 5.32 Å². The van der Waals surface area contributed by atoms with Crippen molar-refractivity contribution < 1.29 is 17.9 Å². The van der Waals surface area contributed by atoms with Gasteiger partial charge >= 0.3 is 6.36 Å². The van der Waals surface area contributed by atoms with E-state index in [2.05, 4.69) is 23.9 Å². The molecule has 1 aromatic rings. The maximum absolute atomic E-state index is 12.1. The Morgan fingerprint density at radius 3 is 2.53 bits per heavy atom. The lowest BCUT2D eigenvalue weighted by molar-refractivity contribution is -0.274. The normalized spacial score (nSPS) is 12.5. The lowest BCUT2D eigenvalue weighted by atomic mass is 10.2. The number of hydrogen-bond acceptors (Lipinski definition) is 3. The van der Waals surface area contributed by atoms with Crippen molar-refractivity contribution in [2.75, 3.05) is 12.8 Å². The average Bonchev–Trinajstić information content (AvgIpc) is 2.27. The molecule has 6 heteroatoms. The van der Waals surface area contributed by atoms with Crippen LogP contribution >= 0.6 is 11.8 Å². The Hall–Kier alpha value is -0.880. The van der Waals surface area contributed by atoms with E-state index >= 15 is 0 Å². The fourth-order valence-corrected chi connectivity index (χ4v) is 1.68. The van der Waals surface area contributed by atoms with E-state index in [0.717, 1.165) is 12.1 Å². The number of benzene rings is 1. The van der Waals surface area contributed by atoms with E-state index in [1.807, 2.05) is 6.26 Å². The van der Waals surface area contributed by atoms with Crippen LogP contribution in [0, 0.1) is 0 Å². The second-order valence-electron chi connectivity index (χ2n) is 4.76. The van der Waals surface area contributed by atoms with Gasteiger partial charge in [-0.1, -0.05) is 12.1 Å². The standard InChI is InChI=1S/C13H18F3NOS/c1-12(2,19-3)9-17-8-10-5-4-6-11(7-10)18-13(14,15)16/h4-7,17H,8-9H2,1-3H3. The van der Waals surface area contributed by atoms with E-state index in [1.165, 1.54) is 12.1 Å². The zero-order valence-corrected chi connectivity index (χ0v) is 12.0. The van der Waals surface area contributed by atoms with Crippen LogP contribution < -0.4 is 10.1 Å². The minimum Gasteiger partial charge on any atom is -0.406 e. The monoisotopic (exact) mass is 293 g/mol. The molecule has 0 radical (unpaired) electrons. The fraction of sp³-hybridized carbons (Fsp3) is 0.538. The lowest BCUT2D eigenvalue weighted by Crippen LogP contribution is -2.31. The van der Waals surface area contributed by atoms with Crippen LogP contribution in [0.3, 0.4) is 0 Å². The first-order valence-corrected chi connectivity index (χ1v) is 7.05. The summed E-state index contributed by atoms with van der Waals surface area (Å²) in [4.78, 5) is 0. The molecule has 0 aliphatic carbocycles. The first-order chi connectivity index (χ1) is 8.72. The Morgan fingerprint density at radius 1 is 1.26 bits per heavy atom. The maximum Gasteiger partial charge on any atom is 0.573 e. The molecule has 0 bridgehead atoms. The van der Waals surface area contributed by atoms with Crippen LogP contribution in [0.1, 0.15) is 19.4 Å². The predicted octanol–water partition coefficient (Wildman–Crippen LogP) is 3.82. The number of thioether (sulfide) groups is 1. The third kappa shape index (κ3) is 6.73. The largest absolute Gasteiger partial charge is 0.573 e. The molecule has 19 heavy (non-hydrogen) atoms. The van der Waals surface area contributed by atoms with Gasteiger partial charge in [-0.3, -0.25) is 0 Å². The van der Waals surface area contributed by atoms with E-state index in [1.54, 1.807) is 23.9 Å². The molecule has 0 atom stereocenters. The van der Waals surface area contributed by atoms with Gasteiger partial charge in [0, 0.05) is 17.8 Å². The highest BCUT2D eigenvalue weighted by Crippen LogP contribution is 2.23. The van der Waals surface area contributed by atoms with Gasteiger partial charge in [0.1, 0.15) is 5.75 Å². The topological polar surface area (TPSA) is 21.3 Å². The summed E-state index contributed by atoms with van der Waals surface area (Å²) in [7, 11) is 0. The van der Waals surface area contributed by atoms with Gasteiger partial charge in [0.05, 0.1) is 0 Å². The number of rotatable bonds is 6. The molecule has 0 unspecified atom stereocenters. The highest BCUT2D eigenvalue weighted by molar-refractivity contribution is 7.99. The predicted molar refractivity (Wildman–Crippen MR) is 72.4 cm³/mol. The molecule has 0 saturated carbocycles. The number of halogens is 3. The van der Waals surface area contributed by atoms with Crippen LogP contribution in [0.5, 0.6) is 5.75 Å². The molecule has 0 aliphatic heterocycles. The Labute approximate surface area is 115 Å². The highest BCUT2D eigenvalue weighted by Gasteiger charge is 2.31. The fourth-order valence-electron chi connectivity index (χ4n) is 1.43. The van der Waals surface area contributed by atoms with E-state index < -0.39 is 6.36 Å². The van der Waals surface area contributed by atoms with Gasteiger partial charge in [-0.2, -0.15) is 11.8 Å². The molecule has 0 aliphatic rings. The zero-order chi connectivity index (χ0) is 14.5. The van der Waals surface area contributed by atoms with Gasteiger partial charge < -0.3 is 10.1 Å². The van der Waals surface area contributed by atoms with Gasteiger partial charge in [-0.15, -0.1) is 13.2 Å². The summed E-state index contributed by atoms with van der Waals surface area (Å²) >= 11 is 1.74. The van der Waals surface area contributed by atoms with Crippen LogP contribution in [0.2, 0.25) is 0 Å². The van der Waals surface area contributed by atoms with Gasteiger partial charge in [0.2, 0.25) is 0 Å². The first kappa shape index (κ1) is 16.2. The maximum atomic E-state index is 12.1. The highest BCUT2D eigenvalue weighted by atomic mass is 32.2. The summed E-state index contributed by atoms with van der Waals surface area (Å²) in [6.45, 7) is 5.50. The van der Waals surface area contributed by atoms with Gasteiger partial charge in [0.15, 0.2) is 0 Å². The second kappa shape index (κ2) is 6.52. The second-order valence-corrected chi connectivity index (χ2v) is 6.28. The van der Waals surface area contributed by atoms with Crippen molar-refractivity contribution in [3.05, 3.63) is 29.8 Å². The van der Waals surface area contributed by atoms with E-state index in [4.69, 9.17) is 0 Å². The van der Waals surface area contributed by atoms with Crippen LogP contribution in [0.25, 0.3) is 0 Å². The summed E-state index contributed by atoms with van der Waals surface area (Å²) in [5.41, 5.74) is 0.763. The zero-order valence-electron chi connectivity index (χ0n) is 11.2. The summed E-state index contributed by atoms with van der Waals surface area (Å²) < 4.78 is 40.2. The molecule has 0 aromatic heterocycles. The summed E-state index contributed by atoms with van der Waals surface area (Å²) in [6.07, 6.45) is -2.62. The van der Waals surface area contributed by atoms with E-state index in [9.17, 15) is 13.2 Å². The van der Waals surface area contributed by atoms with E-state index in [-0.39, 0.29) is 10.5 Å². The van der Waals surface area contributed by atoms with Gasteiger partial charge in [0.25, 0.3) is 0 Å². The van der Waals surface area contributed by atoms with Crippen molar-refractivity contribution >= 4 is 11.8 Å². The quantitative estimate of drug-likeness (QED) is 0.861. The smallest absolute Gasteiger partial charge is 0.406 e. The number of alkyl halides is 3. The molecule has 0 heterocycles. The van der Waals surface area contributed by atoms with Gasteiger partial charge in [-0.05, 0) is 37.8 Å². The van der Waals surface area contributed by atoms with Crippen LogP contribution in [0.15, 0.2) is 24.3 Å². The molecular formula is C13H18F3NOS. The number of hydrogen-bond donors (Lipinski definition) is 1. The third-order valence-corrected chi connectivity index (χ3v) is 3.81. The van der Waals surface area contributed by atoms with Crippen molar-refractivity contribution in [1.29, 1.82) is 0 Å². The molecule has 1 aromatic carbocycles. The summed E-state index contributed by atoms with van der Waals surface area (Å²) in [5, 5.41) is 3.23. The summed E-state index contributed by atoms with van der Waals surface area (Å²) in [5.74, 6) is -0.184. The third-order valence-electron chi connectivity index (χ3n) is 2.56. The van der Waals surface area contributed by atoms with Crippen molar-refractivity contribution in [3.8, 4) is 5.75 Å². The Kier molecular flexibility index (Phi) is 5.55. The summed E-state index contributed by atoms with van der Waals surface area (Å²) in [6, 6.07) is 6.01. The molecule has 0 spiro atoms. The minimum absolute atomic E-state index is 0.0973. The molecule has 0 saturated heterocycles. The Balaban J connectivity index is 2.53. The molecule has 1 rings (SSSR count). The number of ether oxygens (including phenoxy) is 1. The van der Waals surface area contributed by atoms with Crippen molar-refractivity contribution in [3.63, 3.8) is 0 Å². The van der Waals surface area contributed by atoms with Crippen LogP contribution in [-0.2, 0) is 6.54 Å². The number of nitrogens with one attached hydrogen (secondary N) is 1. The lowest BCUT2D eigenvalue weighted by Gasteiger charge is -2.22. The first-order valence-electron chi connectivity index (χ1n) is 5.82. The molecule has 1 N–H and O–H groups in total. The van der Waals surface area contributed by atoms with Crippen molar-refractivity contribution in [2.24, 2.45) is 0 Å². The van der Waals surface area contributed by atoms with Crippen molar-refractivity contribution in [2.45, 2.75) is 31.5 Å². The Bertz CT molecular complexity index is 407. The molecular weight excluding hydrogens is 275 g/mol. The molecule has 0 amide bonds. The van der Waals surface area contributed by atoms with Gasteiger partial charge in [-0.25, -0.2) is 0 Å². The Morgan fingerprint density at radius 2 is 1.95 bits per heavy atom. The minimum atomic E-state index is -4.65. The van der Waals surface area contributed by atoms with Crippen LogP contribution in [-0.4, -0.2) is 23.9 Å².